The zero-order valence-electron chi connectivity index (χ0n) is 18.4. The highest BCUT2D eigenvalue weighted by Crippen LogP contribution is 2.55. The van der Waals surface area contributed by atoms with Crippen LogP contribution in [0.1, 0.15) is 43.2 Å². The lowest BCUT2D eigenvalue weighted by atomic mass is 9.77. The molecule has 1 aliphatic heterocycles. The Kier molecular flexibility index (Phi) is 5.66. The maximum atomic E-state index is 14.4. The summed E-state index contributed by atoms with van der Waals surface area (Å²) in [6, 6.07) is 1.66. The van der Waals surface area contributed by atoms with Crippen molar-refractivity contribution in [3.8, 4) is 5.75 Å². The monoisotopic (exact) mass is 473 g/mol. The average Bonchev–Trinajstić information content (AvgIpc) is 3.26. The number of rotatable bonds is 5. The van der Waals surface area contributed by atoms with Gasteiger partial charge in [0.15, 0.2) is 17.2 Å². The van der Waals surface area contributed by atoms with Gasteiger partial charge in [0, 0.05) is 42.6 Å². The zero-order valence-corrected chi connectivity index (χ0v) is 18.4. The average molecular weight is 473 g/mol. The van der Waals surface area contributed by atoms with Crippen LogP contribution in [0.25, 0.3) is 0 Å². The minimum Gasteiger partial charge on any atom is -0.493 e. The molecule has 2 fully saturated rings. The van der Waals surface area contributed by atoms with Crippen molar-refractivity contribution >= 4 is 5.91 Å². The first-order chi connectivity index (χ1) is 15.4. The van der Waals surface area contributed by atoms with Crippen molar-refractivity contribution < 1.29 is 36.2 Å². The van der Waals surface area contributed by atoms with Gasteiger partial charge in [-0.2, -0.15) is 22.7 Å². The number of amides is 1. The summed E-state index contributed by atoms with van der Waals surface area (Å²) in [5.74, 6) is -6.36. The molecule has 1 aromatic carbocycles. The Morgan fingerprint density at radius 3 is 2.61 bits per heavy atom. The number of aromatic nitrogens is 2. The number of methoxy groups -OCH3 is 1. The first-order valence-corrected chi connectivity index (χ1v) is 10.4. The number of benzene rings is 1. The second-order valence-corrected chi connectivity index (χ2v) is 8.85. The van der Waals surface area contributed by atoms with Gasteiger partial charge in [-0.1, -0.05) is 13.0 Å². The standard InChI is InChI=1S/C22H24F5N3O3/c1-10-16(12-5-6-14(23)17(24)18(12)32-4)19(33-21(10,2)22(25,26)27)20(31)29-15-7-13(15)11-8-28-30(3)9-11/h5-6,8-10,13,15-16,19H,7H2,1-4H3,(H,29,31)/t10-,13-,15+,16-,19+,21+/m0/s1. The van der Waals surface area contributed by atoms with Crippen molar-refractivity contribution in [1.29, 1.82) is 0 Å². The highest BCUT2D eigenvalue weighted by atomic mass is 19.4. The summed E-state index contributed by atoms with van der Waals surface area (Å²) in [4.78, 5) is 13.1. The number of hydrogen-bond acceptors (Lipinski definition) is 4. The second-order valence-electron chi connectivity index (χ2n) is 8.85. The first kappa shape index (κ1) is 23.5. The number of carbonyl (C=O) groups is 1. The number of aryl methyl sites for hydroxylation is 1. The lowest BCUT2D eigenvalue weighted by Gasteiger charge is -2.32. The van der Waals surface area contributed by atoms with E-state index in [9.17, 15) is 26.7 Å². The Morgan fingerprint density at radius 1 is 1.33 bits per heavy atom. The molecule has 2 heterocycles. The number of carbonyl (C=O) groups excluding carboxylic acids is 1. The predicted octanol–water partition coefficient (Wildman–Crippen LogP) is 3.82. The SMILES string of the molecule is COc1c([C@H]2[C@H](C(=O)N[C@@H]3C[C@H]3c3cnn(C)c3)O[C@@](C)(C(F)(F)F)[C@H]2C)ccc(F)c1F. The molecule has 2 aliphatic rings. The Hall–Kier alpha value is -2.69. The molecule has 1 aliphatic carbocycles. The molecule has 180 valence electrons. The van der Waals surface area contributed by atoms with E-state index in [0.717, 1.165) is 31.7 Å². The van der Waals surface area contributed by atoms with E-state index in [-0.39, 0.29) is 17.5 Å². The Labute approximate surface area is 187 Å². The van der Waals surface area contributed by atoms with E-state index >= 15 is 0 Å². The molecule has 6 nitrogen and oxygen atoms in total. The van der Waals surface area contributed by atoms with Crippen LogP contribution in [0.15, 0.2) is 24.5 Å². The molecule has 2 aromatic rings. The van der Waals surface area contributed by atoms with Crippen LogP contribution in [-0.2, 0) is 16.6 Å². The zero-order chi connectivity index (χ0) is 24.3. The minimum absolute atomic E-state index is 0.00766. The summed E-state index contributed by atoms with van der Waals surface area (Å²) in [5, 5.41) is 6.83. The maximum absolute atomic E-state index is 14.4. The molecule has 1 N–H and O–H groups in total. The van der Waals surface area contributed by atoms with Crippen molar-refractivity contribution in [1.82, 2.24) is 15.1 Å². The lowest BCUT2D eigenvalue weighted by molar-refractivity contribution is -0.272. The summed E-state index contributed by atoms with van der Waals surface area (Å²) in [7, 11) is 2.84. The van der Waals surface area contributed by atoms with Crippen molar-refractivity contribution in [3.05, 3.63) is 47.3 Å². The second kappa shape index (κ2) is 7.96. The summed E-state index contributed by atoms with van der Waals surface area (Å²) >= 11 is 0. The van der Waals surface area contributed by atoms with Gasteiger partial charge < -0.3 is 14.8 Å². The van der Waals surface area contributed by atoms with Crippen LogP contribution in [0.4, 0.5) is 22.0 Å². The van der Waals surface area contributed by atoms with E-state index in [1.165, 1.54) is 6.92 Å². The third-order valence-electron chi connectivity index (χ3n) is 6.84. The Balaban J connectivity index is 1.66. The van der Waals surface area contributed by atoms with Gasteiger partial charge in [-0.05, 0) is 25.0 Å². The molecular weight excluding hydrogens is 449 g/mol. The molecule has 0 spiro atoms. The van der Waals surface area contributed by atoms with Gasteiger partial charge in [-0.3, -0.25) is 9.48 Å². The molecule has 11 heteroatoms. The number of ether oxygens (including phenoxy) is 2. The van der Waals surface area contributed by atoms with Gasteiger partial charge >= 0.3 is 6.18 Å². The highest BCUT2D eigenvalue weighted by Gasteiger charge is 2.66. The summed E-state index contributed by atoms with van der Waals surface area (Å²) in [5.41, 5.74) is -1.83. The van der Waals surface area contributed by atoms with Gasteiger partial charge in [0.1, 0.15) is 6.10 Å². The molecule has 33 heavy (non-hydrogen) atoms. The van der Waals surface area contributed by atoms with E-state index in [4.69, 9.17) is 9.47 Å². The van der Waals surface area contributed by atoms with Crippen LogP contribution < -0.4 is 10.1 Å². The largest absolute Gasteiger partial charge is 0.493 e. The highest BCUT2D eigenvalue weighted by molar-refractivity contribution is 5.83. The first-order valence-electron chi connectivity index (χ1n) is 10.4. The third kappa shape index (κ3) is 3.85. The number of hydrogen-bond donors (Lipinski definition) is 1. The van der Waals surface area contributed by atoms with Crippen molar-refractivity contribution in [2.45, 2.75) is 56.0 Å². The molecule has 0 bridgehead atoms. The summed E-state index contributed by atoms with van der Waals surface area (Å²) in [6.07, 6.45) is -2.31. The van der Waals surface area contributed by atoms with Crippen molar-refractivity contribution in [2.24, 2.45) is 13.0 Å². The summed E-state index contributed by atoms with van der Waals surface area (Å²) < 4.78 is 82.0. The Morgan fingerprint density at radius 2 is 2.03 bits per heavy atom. The van der Waals surface area contributed by atoms with Gasteiger partial charge in [0.25, 0.3) is 0 Å². The number of nitrogens with one attached hydrogen (secondary N) is 1. The van der Waals surface area contributed by atoms with E-state index in [1.54, 1.807) is 24.1 Å². The summed E-state index contributed by atoms with van der Waals surface area (Å²) in [6.45, 7) is 2.14. The number of halogens is 5. The predicted molar refractivity (Wildman–Crippen MR) is 107 cm³/mol. The van der Waals surface area contributed by atoms with E-state index in [1.807, 2.05) is 0 Å². The van der Waals surface area contributed by atoms with Crippen LogP contribution in [0.3, 0.4) is 0 Å². The number of nitrogens with zero attached hydrogens (tertiary/aromatic N) is 2. The molecule has 4 rings (SSSR count). The van der Waals surface area contributed by atoms with Crippen LogP contribution in [-0.4, -0.2) is 46.7 Å². The smallest absolute Gasteiger partial charge is 0.417 e. The fraction of sp³-hybridized carbons (Fsp3) is 0.545. The van der Waals surface area contributed by atoms with Crippen LogP contribution >= 0.6 is 0 Å². The molecule has 1 amide bonds. The third-order valence-corrected chi connectivity index (χ3v) is 6.84. The van der Waals surface area contributed by atoms with E-state index in [0.29, 0.717) is 6.42 Å². The quantitative estimate of drug-likeness (QED) is 0.671. The molecule has 0 unspecified atom stereocenters. The van der Waals surface area contributed by atoms with Crippen LogP contribution in [0.2, 0.25) is 0 Å². The van der Waals surface area contributed by atoms with Crippen molar-refractivity contribution in [3.63, 3.8) is 0 Å². The number of alkyl halides is 3. The van der Waals surface area contributed by atoms with Crippen LogP contribution in [0.5, 0.6) is 5.75 Å². The van der Waals surface area contributed by atoms with Crippen molar-refractivity contribution in [2.75, 3.05) is 7.11 Å². The molecule has 1 saturated carbocycles. The molecular formula is C22H24F5N3O3. The topological polar surface area (TPSA) is 65.4 Å². The lowest BCUT2D eigenvalue weighted by Crippen LogP contribution is -2.47. The fourth-order valence-corrected chi connectivity index (χ4v) is 4.66. The van der Waals surface area contributed by atoms with E-state index < -0.39 is 53.0 Å². The van der Waals surface area contributed by atoms with Gasteiger partial charge in [0.2, 0.25) is 11.7 Å². The molecule has 1 aromatic heterocycles. The Bertz CT molecular complexity index is 1070. The van der Waals surface area contributed by atoms with Gasteiger partial charge in [0.05, 0.1) is 13.3 Å². The molecule has 1 saturated heterocycles. The maximum Gasteiger partial charge on any atom is 0.417 e. The van der Waals surface area contributed by atoms with E-state index in [2.05, 4.69) is 10.4 Å². The fourth-order valence-electron chi connectivity index (χ4n) is 4.66. The molecule has 6 atom stereocenters. The minimum atomic E-state index is -4.80. The van der Waals surface area contributed by atoms with Gasteiger partial charge in [-0.25, -0.2) is 4.39 Å². The van der Waals surface area contributed by atoms with Gasteiger partial charge in [-0.15, -0.1) is 0 Å². The van der Waals surface area contributed by atoms with Crippen LogP contribution in [0, 0.1) is 17.6 Å². The molecule has 0 radical (unpaired) electrons. The normalized spacial score (nSPS) is 31.5.